The third-order valence-corrected chi connectivity index (χ3v) is 6.48. The second-order valence-corrected chi connectivity index (χ2v) is 8.59. The number of rotatable bonds is 4. The fraction of sp³-hybridized carbons (Fsp3) is 0.440. The number of urea groups is 1. The highest BCUT2D eigenvalue weighted by atomic mass is 16.2. The first-order chi connectivity index (χ1) is 15.1. The molecular formula is C25H32N4O2. The molecule has 0 atom stereocenters. The zero-order valence-corrected chi connectivity index (χ0v) is 18.2. The Balaban J connectivity index is 1.36. The summed E-state index contributed by atoms with van der Waals surface area (Å²) >= 11 is 0. The van der Waals surface area contributed by atoms with Crippen molar-refractivity contribution >= 4 is 11.9 Å². The molecule has 2 aromatic rings. The molecule has 2 fully saturated rings. The Kier molecular flexibility index (Phi) is 6.87. The molecule has 4 rings (SSSR count). The number of carbonyl (C=O) groups is 2. The lowest BCUT2D eigenvalue weighted by Gasteiger charge is -2.38. The second-order valence-electron chi connectivity index (χ2n) is 8.59. The highest BCUT2D eigenvalue weighted by Gasteiger charge is 2.32. The lowest BCUT2D eigenvalue weighted by atomic mass is 9.95. The Hall–Kier alpha value is -2.86. The van der Waals surface area contributed by atoms with Crippen molar-refractivity contribution in [2.24, 2.45) is 5.92 Å². The van der Waals surface area contributed by atoms with Crippen LogP contribution >= 0.6 is 0 Å². The van der Waals surface area contributed by atoms with E-state index in [2.05, 4.69) is 17.3 Å². The van der Waals surface area contributed by atoms with Crippen LogP contribution in [0.2, 0.25) is 0 Å². The van der Waals surface area contributed by atoms with E-state index in [0.29, 0.717) is 13.1 Å². The summed E-state index contributed by atoms with van der Waals surface area (Å²) in [5.74, 6) is 0.297. The molecule has 0 radical (unpaired) electrons. The van der Waals surface area contributed by atoms with Crippen LogP contribution in [0.15, 0.2) is 60.7 Å². The number of nitrogens with zero attached hydrogens (tertiary/aromatic N) is 3. The maximum Gasteiger partial charge on any atom is 0.318 e. The van der Waals surface area contributed by atoms with E-state index in [9.17, 15) is 9.59 Å². The van der Waals surface area contributed by atoms with Crippen molar-refractivity contribution < 1.29 is 9.59 Å². The number of hydrogen-bond donors (Lipinski definition) is 1. The van der Waals surface area contributed by atoms with Gasteiger partial charge >= 0.3 is 6.03 Å². The maximum atomic E-state index is 13.1. The molecule has 0 aromatic heterocycles. The first kappa shape index (κ1) is 21.4. The average Bonchev–Trinajstić information content (AvgIpc) is 2.83. The minimum Gasteiger partial charge on any atom is -0.340 e. The third kappa shape index (κ3) is 5.25. The van der Waals surface area contributed by atoms with Gasteiger partial charge in [-0.25, -0.2) is 4.79 Å². The van der Waals surface area contributed by atoms with E-state index in [0.717, 1.165) is 50.1 Å². The van der Waals surface area contributed by atoms with Crippen LogP contribution < -0.4 is 5.32 Å². The Morgan fingerprint density at radius 3 is 1.81 bits per heavy atom. The summed E-state index contributed by atoms with van der Waals surface area (Å²) in [5.41, 5.74) is 2.12. The van der Waals surface area contributed by atoms with Crippen molar-refractivity contribution in [1.82, 2.24) is 20.0 Å². The van der Waals surface area contributed by atoms with Crippen molar-refractivity contribution in [3.05, 3.63) is 71.8 Å². The van der Waals surface area contributed by atoms with Gasteiger partial charge in [0.15, 0.2) is 0 Å². The van der Waals surface area contributed by atoms with Crippen molar-refractivity contribution in [3.8, 4) is 0 Å². The molecule has 3 amide bonds. The van der Waals surface area contributed by atoms with Gasteiger partial charge in [-0.3, -0.25) is 4.79 Å². The van der Waals surface area contributed by atoms with Crippen LogP contribution in [-0.2, 0) is 4.79 Å². The average molecular weight is 421 g/mol. The van der Waals surface area contributed by atoms with Gasteiger partial charge in [0.2, 0.25) is 5.91 Å². The monoisotopic (exact) mass is 420 g/mol. The summed E-state index contributed by atoms with van der Waals surface area (Å²) in [4.78, 5) is 32.1. The number of piperidine rings is 1. The van der Waals surface area contributed by atoms with Crippen molar-refractivity contribution in [1.29, 1.82) is 0 Å². The van der Waals surface area contributed by atoms with Crippen LogP contribution in [0.3, 0.4) is 0 Å². The van der Waals surface area contributed by atoms with E-state index in [4.69, 9.17) is 0 Å². The van der Waals surface area contributed by atoms with E-state index < -0.39 is 0 Å². The first-order valence-electron chi connectivity index (χ1n) is 11.2. The molecule has 2 aromatic carbocycles. The number of likely N-dealkylation sites (N-methyl/N-ethyl adjacent to an activating group) is 1. The zero-order chi connectivity index (χ0) is 21.6. The van der Waals surface area contributed by atoms with Gasteiger partial charge in [0.1, 0.15) is 0 Å². The summed E-state index contributed by atoms with van der Waals surface area (Å²) in [6.07, 6.45) is 1.47. The van der Waals surface area contributed by atoms with E-state index >= 15 is 0 Å². The van der Waals surface area contributed by atoms with Crippen LogP contribution in [-0.4, -0.2) is 73.0 Å². The Morgan fingerprint density at radius 2 is 1.29 bits per heavy atom. The van der Waals surface area contributed by atoms with Crippen LogP contribution in [0.1, 0.15) is 30.0 Å². The molecule has 1 N–H and O–H groups in total. The number of carbonyl (C=O) groups excluding carboxylic acids is 2. The van der Waals surface area contributed by atoms with Gasteiger partial charge in [0.25, 0.3) is 0 Å². The second kappa shape index (κ2) is 9.96. The number of benzene rings is 2. The summed E-state index contributed by atoms with van der Waals surface area (Å²) < 4.78 is 0. The van der Waals surface area contributed by atoms with Gasteiger partial charge in [-0.05, 0) is 31.0 Å². The van der Waals surface area contributed by atoms with Crippen molar-refractivity contribution in [2.45, 2.75) is 18.9 Å². The lowest BCUT2D eigenvalue weighted by Crippen LogP contribution is -2.52. The normalized spacial score (nSPS) is 18.3. The molecule has 6 heteroatoms. The molecule has 2 aliphatic heterocycles. The smallest absolute Gasteiger partial charge is 0.318 e. The molecule has 6 nitrogen and oxygen atoms in total. The number of hydrogen-bond acceptors (Lipinski definition) is 3. The summed E-state index contributed by atoms with van der Waals surface area (Å²) in [7, 11) is 2.09. The van der Waals surface area contributed by atoms with Crippen molar-refractivity contribution in [2.75, 3.05) is 46.3 Å². The van der Waals surface area contributed by atoms with Crippen LogP contribution in [0.5, 0.6) is 0 Å². The highest BCUT2D eigenvalue weighted by Crippen LogP contribution is 2.24. The molecule has 0 bridgehead atoms. The third-order valence-electron chi connectivity index (χ3n) is 6.48. The zero-order valence-electron chi connectivity index (χ0n) is 18.2. The van der Waals surface area contributed by atoms with Gasteiger partial charge in [0, 0.05) is 45.2 Å². The van der Waals surface area contributed by atoms with E-state index in [1.165, 1.54) is 0 Å². The minimum absolute atomic E-state index is 0.0338. The minimum atomic E-state index is -0.195. The first-order valence-corrected chi connectivity index (χ1v) is 11.2. The highest BCUT2D eigenvalue weighted by molar-refractivity contribution is 5.80. The Bertz CT molecular complexity index is 818. The summed E-state index contributed by atoms with van der Waals surface area (Å²) in [6, 6.07) is 19.8. The number of amides is 3. The molecule has 0 aliphatic carbocycles. The van der Waals surface area contributed by atoms with Gasteiger partial charge in [-0.2, -0.15) is 0 Å². The molecule has 0 spiro atoms. The van der Waals surface area contributed by atoms with E-state index in [1.54, 1.807) is 0 Å². The van der Waals surface area contributed by atoms with Gasteiger partial charge in [-0.15, -0.1) is 0 Å². The fourth-order valence-electron chi connectivity index (χ4n) is 4.48. The number of likely N-dealkylation sites (tertiary alicyclic amines) is 1. The molecule has 0 saturated carbocycles. The van der Waals surface area contributed by atoms with Gasteiger partial charge in [-0.1, -0.05) is 60.7 Å². The molecule has 2 saturated heterocycles. The number of nitrogens with one attached hydrogen (secondary N) is 1. The number of piperazine rings is 1. The largest absolute Gasteiger partial charge is 0.340 e. The van der Waals surface area contributed by atoms with Gasteiger partial charge in [0.05, 0.1) is 6.04 Å². The fourth-order valence-corrected chi connectivity index (χ4v) is 4.48. The summed E-state index contributed by atoms with van der Waals surface area (Å²) in [6.45, 7) is 4.73. The molecule has 164 valence electrons. The maximum absolute atomic E-state index is 13.1. The van der Waals surface area contributed by atoms with Crippen LogP contribution in [0.4, 0.5) is 4.79 Å². The van der Waals surface area contributed by atoms with Crippen LogP contribution in [0, 0.1) is 5.92 Å². The Morgan fingerprint density at radius 1 is 0.774 bits per heavy atom. The predicted octanol–water partition coefficient (Wildman–Crippen LogP) is 2.97. The molecule has 2 aliphatic rings. The van der Waals surface area contributed by atoms with Crippen molar-refractivity contribution in [3.63, 3.8) is 0 Å². The molecule has 0 unspecified atom stereocenters. The molecular weight excluding hydrogens is 388 g/mol. The predicted molar refractivity (Wildman–Crippen MR) is 122 cm³/mol. The van der Waals surface area contributed by atoms with Crippen LogP contribution in [0.25, 0.3) is 0 Å². The summed E-state index contributed by atoms with van der Waals surface area (Å²) in [5, 5.41) is 3.22. The standard InChI is InChI=1S/C25H32N4O2/c1-27-16-18-28(19-17-27)24(30)22-12-14-29(15-13-22)25(31)26-23(20-8-4-2-5-9-20)21-10-6-3-7-11-21/h2-11,22-23H,12-19H2,1H3,(H,26,31). The SMILES string of the molecule is CN1CCN(C(=O)C2CCN(C(=O)NC(c3ccccc3)c3ccccc3)CC2)CC1. The van der Waals surface area contributed by atoms with E-state index in [1.807, 2.05) is 70.5 Å². The lowest BCUT2D eigenvalue weighted by molar-refractivity contribution is -0.138. The molecule has 31 heavy (non-hydrogen) atoms. The topological polar surface area (TPSA) is 55.9 Å². The molecule has 2 heterocycles. The quantitative estimate of drug-likeness (QED) is 0.827. The van der Waals surface area contributed by atoms with Gasteiger partial charge < -0.3 is 20.0 Å². The Labute approximate surface area is 184 Å². The van der Waals surface area contributed by atoms with E-state index in [-0.39, 0.29) is 23.9 Å².